The SMILES string of the molecule is O=P(O)(O)O.[H-].[K+].[O]=[V]. The van der Waals surface area contributed by atoms with Crippen LogP contribution in [0, 0.1) is 0 Å². The van der Waals surface area contributed by atoms with Crippen molar-refractivity contribution in [2.24, 2.45) is 0 Å². The van der Waals surface area contributed by atoms with Crippen molar-refractivity contribution in [1.82, 2.24) is 0 Å². The van der Waals surface area contributed by atoms with Crippen LogP contribution in [0.3, 0.4) is 0 Å². The maximum absolute atomic E-state index is 8.88. The summed E-state index contributed by atoms with van der Waals surface area (Å²) in [5.74, 6) is 0. The van der Waals surface area contributed by atoms with Crippen LogP contribution in [-0.4, -0.2) is 14.7 Å². The molecule has 8 heteroatoms. The summed E-state index contributed by atoms with van der Waals surface area (Å²) in [6.07, 6.45) is 0. The summed E-state index contributed by atoms with van der Waals surface area (Å²) in [5.41, 5.74) is 0. The van der Waals surface area contributed by atoms with E-state index >= 15 is 0 Å². The molecule has 0 aliphatic carbocycles. The second-order valence-electron chi connectivity index (χ2n) is 0.513. The Labute approximate surface area is 99.2 Å². The number of hydrogen-bond acceptors (Lipinski definition) is 2. The van der Waals surface area contributed by atoms with E-state index in [1.165, 1.54) is 0 Å². The number of hydrogen-bond donors (Lipinski definition) is 3. The minimum absolute atomic E-state index is 0. The van der Waals surface area contributed by atoms with Gasteiger partial charge in [0.25, 0.3) is 0 Å². The van der Waals surface area contributed by atoms with E-state index < -0.39 is 7.82 Å². The Kier molecular flexibility index (Phi) is 19.0. The van der Waals surface area contributed by atoms with E-state index in [0.29, 0.717) is 0 Å². The third kappa shape index (κ3) is 91.1. The van der Waals surface area contributed by atoms with Crippen molar-refractivity contribution in [3.05, 3.63) is 0 Å². The first-order valence-electron chi connectivity index (χ1n) is 0.965. The number of rotatable bonds is 0. The molecule has 0 rings (SSSR count). The van der Waals surface area contributed by atoms with Gasteiger partial charge in [-0.25, -0.2) is 4.57 Å². The zero-order chi connectivity index (χ0) is 6.50. The zero-order valence-electron chi connectivity index (χ0n) is 5.05. The molecule has 45 valence electrons. The van der Waals surface area contributed by atoms with Gasteiger partial charge in [0.1, 0.15) is 0 Å². The first-order chi connectivity index (χ1) is 3.00. The van der Waals surface area contributed by atoms with Crippen molar-refractivity contribution in [2.75, 3.05) is 0 Å². The summed E-state index contributed by atoms with van der Waals surface area (Å²) in [4.78, 5) is 21.6. The van der Waals surface area contributed by atoms with Crippen molar-refractivity contribution in [3.8, 4) is 0 Å². The fourth-order valence-electron chi connectivity index (χ4n) is 0. The number of phosphoric acid groups is 1. The molecule has 0 saturated carbocycles. The topological polar surface area (TPSA) is 94.8 Å². The molecule has 3 N–H and O–H groups in total. The summed E-state index contributed by atoms with van der Waals surface area (Å²) >= 11 is 1.06. The van der Waals surface area contributed by atoms with Crippen LogP contribution in [0.4, 0.5) is 0 Å². The van der Waals surface area contributed by atoms with Crippen LogP contribution < -0.4 is 51.4 Å². The molecule has 0 aromatic rings. The summed E-state index contributed by atoms with van der Waals surface area (Å²) in [7, 11) is -4.64. The van der Waals surface area contributed by atoms with Gasteiger partial charge in [0.05, 0.1) is 0 Å². The molecule has 0 aromatic carbocycles. The molecule has 0 spiro atoms. The standard InChI is InChI=1S/K.H3O4P.O.V.H/c;1-5(2,3)4;;;/h;(H3,1,2,3,4);;;/q+1;;;;-1. The van der Waals surface area contributed by atoms with Crippen molar-refractivity contribution in [1.29, 1.82) is 0 Å². The zero-order valence-corrected chi connectivity index (χ0v) is 9.47. The molecule has 5 nitrogen and oxygen atoms in total. The van der Waals surface area contributed by atoms with Crippen LogP contribution in [0.15, 0.2) is 0 Å². The molecule has 0 aromatic heterocycles. The van der Waals surface area contributed by atoms with Crippen LogP contribution in [0.1, 0.15) is 1.43 Å². The Morgan fingerprint density at radius 2 is 1.25 bits per heavy atom. The Hall–Kier alpha value is 2.13. The van der Waals surface area contributed by atoms with Crippen LogP contribution >= 0.6 is 7.82 Å². The van der Waals surface area contributed by atoms with Gasteiger partial charge in [0.15, 0.2) is 0 Å². The fourth-order valence-corrected chi connectivity index (χ4v) is 0. The Morgan fingerprint density at radius 3 is 1.25 bits per heavy atom. The van der Waals surface area contributed by atoms with E-state index in [1.54, 1.807) is 0 Å². The third-order valence-electron chi connectivity index (χ3n) is 0. The predicted molar refractivity (Wildman–Crippen MR) is 16.1 cm³/mol. The van der Waals surface area contributed by atoms with Crippen LogP contribution in [0.5, 0.6) is 0 Å². The van der Waals surface area contributed by atoms with E-state index in [2.05, 4.69) is 0 Å². The molecule has 0 amide bonds. The van der Waals surface area contributed by atoms with Gasteiger partial charge in [-0.2, -0.15) is 0 Å². The van der Waals surface area contributed by atoms with E-state index in [4.69, 9.17) is 22.9 Å². The van der Waals surface area contributed by atoms with Gasteiger partial charge in [0, 0.05) is 0 Å². The maximum atomic E-state index is 8.88. The van der Waals surface area contributed by atoms with E-state index in [-0.39, 0.29) is 52.8 Å². The normalized spacial score (nSPS) is 7.75. The summed E-state index contributed by atoms with van der Waals surface area (Å²) in [6.45, 7) is 0. The molecule has 0 fully saturated rings. The third-order valence-corrected chi connectivity index (χ3v) is 0. The first-order valence-corrected chi connectivity index (χ1v) is 3.10. The van der Waals surface area contributed by atoms with Gasteiger partial charge in [-0.3, -0.25) is 0 Å². The predicted octanol–water partition coefficient (Wildman–Crippen LogP) is -3.93. The second-order valence-corrected chi connectivity index (χ2v) is 1.54. The molecular formula is H4KO5PV. The molecule has 0 bridgehead atoms. The monoisotopic (exact) mass is 205 g/mol. The van der Waals surface area contributed by atoms with Gasteiger partial charge < -0.3 is 16.1 Å². The molecule has 0 radical (unpaired) electrons. The summed E-state index contributed by atoms with van der Waals surface area (Å²) < 4.78 is 17.1. The molecule has 0 aliphatic rings. The molecule has 0 saturated heterocycles. The van der Waals surface area contributed by atoms with Gasteiger partial charge >= 0.3 is 80.3 Å². The Bertz CT molecular complexity index is 72.8. The quantitative estimate of drug-likeness (QED) is 0.277. The molecule has 8 heavy (non-hydrogen) atoms. The summed E-state index contributed by atoms with van der Waals surface area (Å²) in [6, 6.07) is 0. The molecule has 0 atom stereocenters. The average Bonchev–Trinajstić information content (AvgIpc) is 1.36. The Balaban J connectivity index is -0.0000000286. The average molecular weight is 205 g/mol. The second kappa shape index (κ2) is 9.13. The van der Waals surface area contributed by atoms with Gasteiger partial charge in [-0.05, 0) is 0 Å². The van der Waals surface area contributed by atoms with Gasteiger partial charge in [-0.15, -0.1) is 0 Å². The Morgan fingerprint density at radius 1 is 1.25 bits per heavy atom. The van der Waals surface area contributed by atoms with E-state index in [9.17, 15) is 0 Å². The van der Waals surface area contributed by atoms with Crippen LogP contribution in [0.2, 0.25) is 0 Å². The molecule has 0 aliphatic heterocycles. The van der Waals surface area contributed by atoms with Gasteiger partial charge in [-0.1, -0.05) is 0 Å². The van der Waals surface area contributed by atoms with Crippen molar-refractivity contribution in [3.63, 3.8) is 0 Å². The van der Waals surface area contributed by atoms with Crippen LogP contribution in [-0.2, 0) is 25.6 Å². The van der Waals surface area contributed by atoms with E-state index in [0.717, 1.165) is 17.4 Å². The van der Waals surface area contributed by atoms with Crippen molar-refractivity contribution < 1.29 is 93.1 Å². The summed E-state index contributed by atoms with van der Waals surface area (Å²) in [5, 5.41) is 0. The first kappa shape index (κ1) is 16.6. The minimum atomic E-state index is -4.64. The van der Waals surface area contributed by atoms with E-state index in [1.807, 2.05) is 0 Å². The van der Waals surface area contributed by atoms with Crippen molar-refractivity contribution >= 4 is 7.82 Å². The van der Waals surface area contributed by atoms with Crippen LogP contribution in [0.25, 0.3) is 0 Å². The fraction of sp³-hybridized carbons (Fsp3) is 0. The molecular weight excluding hydrogens is 201 g/mol. The van der Waals surface area contributed by atoms with Gasteiger partial charge in [0.2, 0.25) is 0 Å². The molecule has 0 heterocycles. The van der Waals surface area contributed by atoms with Crippen molar-refractivity contribution in [2.45, 2.75) is 0 Å². The molecule has 0 unspecified atom stereocenters.